The van der Waals surface area contributed by atoms with Gasteiger partial charge in [0.15, 0.2) is 0 Å². The van der Waals surface area contributed by atoms with Crippen molar-refractivity contribution in [1.29, 1.82) is 0 Å². The van der Waals surface area contributed by atoms with E-state index in [4.69, 9.17) is 0 Å². The number of hydrogen-bond acceptors (Lipinski definition) is 4. The number of anilines is 1. The second kappa shape index (κ2) is 11.4. The molecule has 0 spiro atoms. The van der Waals surface area contributed by atoms with Crippen molar-refractivity contribution in [3.8, 4) is 10.4 Å². The average molecular weight is 537 g/mol. The van der Waals surface area contributed by atoms with Gasteiger partial charge in [-0.05, 0) is 60.7 Å². The van der Waals surface area contributed by atoms with Gasteiger partial charge in [0.25, 0.3) is 10.0 Å². The van der Waals surface area contributed by atoms with Crippen LogP contribution in [-0.4, -0.2) is 14.5 Å². The first-order valence-electron chi connectivity index (χ1n) is 12.2. The van der Waals surface area contributed by atoms with E-state index in [0.29, 0.717) is 28.7 Å². The van der Waals surface area contributed by atoms with Crippen LogP contribution in [0.15, 0.2) is 64.9 Å². The highest BCUT2D eigenvalue weighted by Crippen LogP contribution is 2.36. The van der Waals surface area contributed by atoms with Gasteiger partial charge in [0.1, 0.15) is 4.21 Å². The van der Waals surface area contributed by atoms with Crippen molar-refractivity contribution >= 4 is 27.0 Å². The molecule has 36 heavy (non-hydrogen) atoms. The van der Waals surface area contributed by atoms with Gasteiger partial charge in [-0.3, -0.25) is 4.72 Å². The summed E-state index contributed by atoms with van der Waals surface area (Å²) >= 11 is 0.942. The molecule has 9 heteroatoms. The van der Waals surface area contributed by atoms with Gasteiger partial charge in [0.05, 0.1) is 11.3 Å². The maximum Gasteiger partial charge on any atom is 0.416 e. The minimum Gasteiger partial charge on any atom is -0.310 e. The van der Waals surface area contributed by atoms with Crippen molar-refractivity contribution in [3.05, 3.63) is 71.8 Å². The Balaban J connectivity index is 1.44. The van der Waals surface area contributed by atoms with Crippen LogP contribution in [0.4, 0.5) is 18.9 Å². The zero-order chi connectivity index (χ0) is 25.8. The highest BCUT2D eigenvalue weighted by atomic mass is 32.2. The fraction of sp³-hybridized carbons (Fsp3) is 0.407. The van der Waals surface area contributed by atoms with Crippen molar-refractivity contribution in [2.45, 2.75) is 68.4 Å². The molecule has 1 aliphatic rings. The van der Waals surface area contributed by atoms with Crippen molar-refractivity contribution in [1.82, 2.24) is 5.32 Å². The Morgan fingerprint density at radius 1 is 1.00 bits per heavy atom. The minimum atomic E-state index is -4.46. The van der Waals surface area contributed by atoms with Crippen LogP contribution in [0.25, 0.3) is 10.4 Å². The van der Waals surface area contributed by atoms with Gasteiger partial charge in [-0.25, -0.2) is 8.42 Å². The number of nitrogens with one attached hydrogen (secondary N) is 2. The second-order valence-corrected chi connectivity index (χ2v) is 12.5. The van der Waals surface area contributed by atoms with E-state index in [-0.39, 0.29) is 4.21 Å². The third kappa shape index (κ3) is 6.89. The molecule has 3 aromatic rings. The number of halogens is 3. The molecule has 4 nitrogen and oxygen atoms in total. The number of benzene rings is 2. The highest BCUT2D eigenvalue weighted by molar-refractivity contribution is 7.94. The predicted octanol–water partition coefficient (Wildman–Crippen LogP) is 7.68. The largest absolute Gasteiger partial charge is 0.416 e. The fourth-order valence-electron chi connectivity index (χ4n) is 4.73. The molecule has 0 radical (unpaired) electrons. The fourth-order valence-corrected chi connectivity index (χ4v) is 7.13. The van der Waals surface area contributed by atoms with E-state index in [1.165, 1.54) is 50.3 Å². The van der Waals surface area contributed by atoms with Crippen LogP contribution >= 0.6 is 11.3 Å². The molecule has 0 unspecified atom stereocenters. The monoisotopic (exact) mass is 536 g/mol. The van der Waals surface area contributed by atoms with E-state index >= 15 is 0 Å². The van der Waals surface area contributed by atoms with Crippen molar-refractivity contribution in [3.63, 3.8) is 0 Å². The minimum absolute atomic E-state index is 0.0448. The van der Waals surface area contributed by atoms with Gasteiger partial charge >= 0.3 is 6.18 Å². The smallest absolute Gasteiger partial charge is 0.310 e. The molecule has 2 N–H and O–H groups in total. The number of sulfonamides is 1. The van der Waals surface area contributed by atoms with Crippen molar-refractivity contribution < 1.29 is 21.6 Å². The zero-order valence-corrected chi connectivity index (χ0v) is 21.8. The van der Waals surface area contributed by atoms with Crippen LogP contribution in [0, 0.1) is 5.92 Å². The summed E-state index contributed by atoms with van der Waals surface area (Å²) in [4.78, 5) is 0.452. The summed E-state index contributed by atoms with van der Waals surface area (Å²) in [6, 6.07) is 15.4. The summed E-state index contributed by atoms with van der Waals surface area (Å²) in [5, 5.41) is 3.53. The van der Waals surface area contributed by atoms with E-state index in [9.17, 15) is 21.6 Å². The van der Waals surface area contributed by atoms with E-state index in [1.54, 1.807) is 18.2 Å². The molecule has 0 aliphatic heterocycles. The Morgan fingerprint density at radius 2 is 1.75 bits per heavy atom. The van der Waals surface area contributed by atoms with Crippen LogP contribution in [0.2, 0.25) is 0 Å². The van der Waals surface area contributed by atoms with Crippen LogP contribution in [0.3, 0.4) is 0 Å². The van der Waals surface area contributed by atoms with E-state index < -0.39 is 21.8 Å². The Hall–Kier alpha value is -2.36. The van der Waals surface area contributed by atoms with E-state index in [2.05, 4.69) is 17.0 Å². The number of rotatable bonds is 9. The summed E-state index contributed by atoms with van der Waals surface area (Å²) in [5.41, 5.74) is 0.887. The molecule has 1 fully saturated rings. The van der Waals surface area contributed by atoms with E-state index in [1.807, 2.05) is 12.1 Å². The van der Waals surface area contributed by atoms with Crippen LogP contribution < -0.4 is 10.0 Å². The van der Waals surface area contributed by atoms with Crippen LogP contribution in [0.1, 0.15) is 56.6 Å². The summed E-state index contributed by atoms with van der Waals surface area (Å²) in [5.74, 6) is 0.750. The van der Waals surface area contributed by atoms with Gasteiger partial charge in [-0.2, -0.15) is 13.2 Å². The lowest BCUT2D eigenvalue weighted by molar-refractivity contribution is -0.137. The first kappa shape index (κ1) is 26.7. The maximum atomic E-state index is 13.1. The third-order valence-corrected chi connectivity index (χ3v) is 9.63. The molecule has 1 atom stereocenters. The maximum absolute atomic E-state index is 13.1. The molecule has 194 valence electrons. The number of alkyl halides is 3. The molecule has 4 rings (SSSR count). The molecular formula is C27H31F3N2O2S2. The van der Waals surface area contributed by atoms with Gasteiger partial charge < -0.3 is 5.32 Å². The standard InChI is InChI=1S/C27H31F3N2O2S2/c1-19(16-20-8-3-2-4-9-20)31-18-22-10-5-6-13-24(22)32-36(33,34)26-15-14-25(35-26)21-11-7-12-23(17-21)27(28,29)30/h5-7,10-15,17,19-20,31-32H,2-4,8-9,16,18H2,1H3/t19-/m0/s1. The molecule has 1 heterocycles. The van der Waals surface area contributed by atoms with Gasteiger partial charge in [-0.1, -0.05) is 62.4 Å². The molecule has 2 aromatic carbocycles. The predicted molar refractivity (Wildman–Crippen MR) is 140 cm³/mol. The van der Waals surface area contributed by atoms with Gasteiger partial charge in [0, 0.05) is 17.5 Å². The van der Waals surface area contributed by atoms with Crippen LogP contribution in [0.5, 0.6) is 0 Å². The Morgan fingerprint density at radius 3 is 2.50 bits per heavy atom. The average Bonchev–Trinajstić information content (AvgIpc) is 3.35. The Kier molecular flexibility index (Phi) is 8.42. The van der Waals surface area contributed by atoms with Gasteiger partial charge in [-0.15, -0.1) is 11.3 Å². The lowest BCUT2D eigenvalue weighted by atomic mass is 9.85. The molecule has 1 saturated carbocycles. The summed E-state index contributed by atoms with van der Waals surface area (Å²) in [6.45, 7) is 2.70. The van der Waals surface area contributed by atoms with E-state index in [0.717, 1.165) is 41.4 Å². The summed E-state index contributed by atoms with van der Waals surface area (Å²) in [6.07, 6.45) is 3.16. The number of hydrogen-bond donors (Lipinski definition) is 2. The highest BCUT2D eigenvalue weighted by Gasteiger charge is 2.30. The lowest BCUT2D eigenvalue weighted by Crippen LogP contribution is -2.29. The first-order chi connectivity index (χ1) is 17.1. The van der Waals surface area contributed by atoms with Gasteiger partial charge in [0.2, 0.25) is 0 Å². The first-order valence-corrected chi connectivity index (χ1v) is 14.5. The topological polar surface area (TPSA) is 58.2 Å². The quantitative estimate of drug-likeness (QED) is 0.295. The molecule has 1 aromatic heterocycles. The molecule has 0 bridgehead atoms. The summed E-state index contributed by atoms with van der Waals surface area (Å²) in [7, 11) is -3.90. The van der Waals surface area contributed by atoms with Crippen molar-refractivity contribution in [2.24, 2.45) is 5.92 Å². The SMILES string of the molecule is C[C@@H](CC1CCCCC1)NCc1ccccc1NS(=O)(=O)c1ccc(-c2cccc(C(F)(F)F)c2)s1. The number of para-hydroxylation sites is 1. The molecule has 1 aliphatic carbocycles. The zero-order valence-electron chi connectivity index (χ0n) is 20.1. The van der Waals surface area contributed by atoms with Crippen LogP contribution in [-0.2, 0) is 22.7 Å². The molecular weight excluding hydrogens is 505 g/mol. The second-order valence-electron chi connectivity index (χ2n) is 9.48. The Labute approximate surface area is 215 Å². The lowest BCUT2D eigenvalue weighted by Gasteiger charge is -2.25. The normalized spacial score (nSPS) is 16.1. The molecule has 0 saturated heterocycles. The molecule has 0 amide bonds. The number of thiophene rings is 1. The third-order valence-electron chi connectivity index (χ3n) is 6.63. The van der Waals surface area contributed by atoms with Crippen molar-refractivity contribution in [2.75, 3.05) is 4.72 Å². The summed E-state index contributed by atoms with van der Waals surface area (Å²) < 4.78 is 68.2. The Bertz CT molecular complexity index is 1270.